The summed E-state index contributed by atoms with van der Waals surface area (Å²) in [6, 6.07) is 15.0. The summed E-state index contributed by atoms with van der Waals surface area (Å²) in [5, 5.41) is 5.63. The van der Waals surface area contributed by atoms with Crippen LogP contribution in [-0.4, -0.2) is 26.2 Å². The van der Waals surface area contributed by atoms with Gasteiger partial charge in [-0.2, -0.15) is 0 Å². The number of hydrogen-bond acceptors (Lipinski definition) is 3. The predicted molar refractivity (Wildman–Crippen MR) is 93.5 cm³/mol. The molecule has 120 valence electrons. The van der Waals surface area contributed by atoms with E-state index in [-0.39, 0.29) is 6.03 Å². The van der Waals surface area contributed by atoms with Gasteiger partial charge in [-0.1, -0.05) is 12.1 Å². The van der Waals surface area contributed by atoms with Crippen molar-refractivity contribution in [2.24, 2.45) is 0 Å². The lowest BCUT2D eigenvalue weighted by molar-refractivity contribution is 0.262. The zero-order valence-corrected chi connectivity index (χ0v) is 13.2. The van der Waals surface area contributed by atoms with Gasteiger partial charge in [-0.15, -0.1) is 0 Å². The third-order valence-corrected chi connectivity index (χ3v) is 3.95. The van der Waals surface area contributed by atoms with Crippen LogP contribution in [0.3, 0.4) is 0 Å². The molecule has 5 heteroatoms. The summed E-state index contributed by atoms with van der Waals surface area (Å²) in [6.45, 7) is 2.22. The van der Waals surface area contributed by atoms with Gasteiger partial charge in [0, 0.05) is 24.5 Å². The number of benzene rings is 2. The summed E-state index contributed by atoms with van der Waals surface area (Å²) in [4.78, 5) is 14.5. The molecule has 0 radical (unpaired) electrons. The topological polar surface area (TPSA) is 53.6 Å². The average molecular weight is 311 g/mol. The van der Waals surface area contributed by atoms with Gasteiger partial charge >= 0.3 is 6.03 Å². The molecule has 23 heavy (non-hydrogen) atoms. The van der Waals surface area contributed by atoms with E-state index in [2.05, 4.69) is 15.5 Å². The maximum Gasteiger partial charge on any atom is 0.323 e. The van der Waals surface area contributed by atoms with Gasteiger partial charge < -0.3 is 20.3 Å². The molecular formula is C18H21N3O2. The Balaban J connectivity index is 1.61. The third-order valence-electron chi connectivity index (χ3n) is 3.95. The molecule has 1 heterocycles. The highest BCUT2D eigenvalue weighted by Gasteiger charge is 2.12. The minimum absolute atomic E-state index is 0.288. The normalized spacial score (nSPS) is 13.7. The van der Waals surface area contributed by atoms with Crippen LogP contribution in [0.5, 0.6) is 5.75 Å². The molecule has 2 N–H and O–H groups in total. The molecule has 5 nitrogen and oxygen atoms in total. The highest BCUT2D eigenvalue weighted by molar-refractivity contribution is 6.00. The van der Waals surface area contributed by atoms with E-state index in [1.54, 1.807) is 19.2 Å². The summed E-state index contributed by atoms with van der Waals surface area (Å²) in [6.07, 6.45) is 2.50. The van der Waals surface area contributed by atoms with Crippen LogP contribution < -0.4 is 20.3 Å². The molecule has 0 saturated carbocycles. The van der Waals surface area contributed by atoms with Crippen LogP contribution in [0.15, 0.2) is 48.5 Å². The number of rotatable bonds is 4. The first-order valence-electron chi connectivity index (χ1n) is 7.82. The van der Waals surface area contributed by atoms with E-state index in [0.29, 0.717) is 11.4 Å². The van der Waals surface area contributed by atoms with E-state index in [0.717, 1.165) is 18.8 Å². The number of carbonyl (C=O) groups is 1. The van der Waals surface area contributed by atoms with Crippen LogP contribution >= 0.6 is 0 Å². The molecule has 1 saturated heterocycles. The van der Waals surface area contributed by atoms with Crippen molar-refractivity contribution in [3.63, 3.8) is 0 Å². The van der Waals surface area contributed by atoms with Crippen molar-refractivity contribution in [3.8, 4) is 5.75 Å². The molecule has 0 aliphatic carbocycles. The smallest absolute Gasteiger partial charge is 0.323 e. The van der Waals surface area contributed by atoms with Crippen molar-refractivity contribution >= 4 is 23.1 Å². The van der Waals surface area contributed by atoms with E-state index < -0.39 is 0 Å². The van der Waals surface area contributed by atoms with E-state index in [1.165, 1.54) is 18.5 Å². The molecular weight excluding hydrogens is 290 g/mol. The molecule has 2 aromatic rings. The second kappa shape index (κ2) is 7.05. The largest absolute Gasteiger partial charge is 0.495 e. The number of anilines is 3. The van der Waals surface area contributed by atoms with Crippen molar-refractivity contribution in [2.45, 2.75) is 12.8 Å². The van der Waals surface area contributed by atoms with Gasteiger partial charge in [0.2, 0.25) is 0 Å². The molecule has 0 bridgehead atoms. The lowest BCUT2D eigenvalue weighted by Gasteiger charge is -2.18. The Morgan fingerprint density at radius 3 is 2.39 bits per heavy atom. The quantitative estimate of drug-likeness (QED) is 0.899. The van der Waals surface area contributed by atoms with Crippen molar-refractivity contribution in [2.75, 3.05) is 35.7 Å². The molecule has 0 atom stereocenters. The van der Waals surface area contributed by atoms with Crippen LogP contribution in [0.25, 0.3) is 0 Å². The van der Waals surface area contributed by atoms with Crippen molar-refractivity contribution < 1.29 is 9.53 Å². The fourth-order valence-electron chi connectivity index (χ4n) is 2.76. The van der Waals surface area contributed by atoms with E-state index >= 15 is 0 Å². The third kappa shape index (κ3) is 3.74. The van der Waals surface area contributed by atoms with Gasteiger partial charge in [0.25, 0.3) is 0 Å². The standard InChI is InChI=1S/C18H21N3O2/c1-23-17-7-3-2-6-16(17)20-18(22)19-14-8-10-15(11-9-14)21-12-4-5-13-21/h2-3,6-11H,4-5,12-13H2,1H3,(H2,19,20,22). The number of nitrogens with zero attached hydrogens (tertiary/aromatic N) is 1. The Morgan fingerprint density at radius 2 is 1.70 bits per heavy atom. The molecule has 0 unspecified atom stereocenters. The second-order valence-electron chi connectivity index (χ2n) is 5.52. The Hall–Kier alpha value is -2.69. The van der Waals surface area contributed by atoms with E-state index in [4.69, 9.17) is 4.74 Å². The van der Waals surface area contributed by atoms with E-state index in [1.807, 2.05) is 36.4 Å². The Kier molecular flexibility index (Phi) is 4.66. The maximum atomic E-state index is 12.1. The van der Waals surface area contributed by atoms with Gasteiger partial charge in [-0.25, -0.2) is 4.79 Å². The zero-order chi connectivity index (χ0) is 16.1. The number of methoxy groups -OCH3 is 1. The number of para-hydroxylation sites is 2. The van der Waals surface area contributed by atoms with Gasteiger partial charge in [0.05, 0.1) is 12.8 Å². The molecule has 0 spiro atoms. The Labute approximate surface area is 136 Å². The summed E-state index contributed by atoms with van der Waals surface area (Å²) >= 11 is 0. The average Bonchev–Trinajstić information content (AvgIpc) is 3.10. The van der Waals surface area contributed by atoms with Gasteiger partial charge in [0.1, 0.15) is 5.75 Å². The SMILES string of the molecule is COc1ccccc1NC(=O)Nc1ccc(N2CCCC2)cc1. The summed E-state index contributed by atoms with van der Waals surface area (Å²) in [5.41, 5.74) is 2.61. The summed E-state index contributed by atoms with van der Waals surface area (Å²) in [5.74, 6) is 0.632. The molecule has 2 aromatic carbocycles. The minimum Gasteiger partial charge on any atom is -0.495 e. The van der Waals surface area contributed by atoms with Gasteiger partial charge in [-0.05, 0) is 49.2 Å². The molecule has 1 aliphatic rings. The predicted octanol–water partition coefficient (Wildman–Crippen LogP) is 3.94. The first kappa shape index (κ1) is 15.2. The summed E-state index contributed by atoms with van der Waals surface area (Å²) in [7, 11) is 1.58. The molecule has 1 aliphatic heterocycles. The number of carbonyl (C=O) groups excluding carboxylic acids is 1. The molecule has 3 rings (SSSR count). The Bertz CT molecular complexity index is 664. The van der Waals surface area contributed by atoms with Crippen LogP contribution in [0.4, 0.5) is 21.9 Å². The zero-order valence-electron chi connectivity index (χ0n) is 13.2. The lowest BCUT2D eigenvalue weighted by atomic mass is 10.2. The number of ether oxygens (including phenoxy) is 1. The number of amides is 2. The highest BCUT2D eigenvalue weighted by Crippen LogP contribution is 2.24. The van der Waals surface area contributed by atoms with Crippen molar-refractivity contribution in [3.05, 3.63) is 48.5 Å². The fourth-order valence-corrected chi connectivity index (χ4v) is 2.76. The number of hydrogen-bond donors (Lipinski definition) is 2. The molecule has 0 aromatic heterocycles. The maximum absolute atomic E-state index is 12.1. The highest BCUT2D eigenvalue weighted by atomic mass is 16.5. The number of urea groups is 1. The van der Waals surface area contributed by atoms with Crippen LogP contribution in [0.1, 0.15) is 12.8 Å². The van der Waals surface area contributed by atoms with Crippen molar-refractivity contribution in [1.82, 2.24) is 0 Å². The lowest BCUT2D eigenvalue weighted by Crippen LogP contribution is -2.20. The minimum atomic E-state index is -0.288. The summed E-state index contributed by atoms with van der Waals surface area (Å²) < 4.78 is 5.22. The van der Waals surface area contributed by atoms with Crippen LogP contribution in [0, 0.1) is 0 Å². The first-order chi connectivity index (χ1) is 11.3. The first-order valence-corrected chi connectivity index (χ1v) is 7.82. The van der Waals surface area contributed by atoms with Crippen molar-refractivity contribution in [1.29, 1.82) is 0 Å². The Morgan fingerprint density at radius 1 is 1.00 bits per heavy atom. The monoisotopic (exact) mass is 311 g/mol. The van der Waals surface area contributed by atoms with Gasteiger partial charge in [0.15, 0.2) is 0 Å². The second-order valence-corrected chi connectivity index (χ2v) is 5.52. The number of nitrogens with one attached hydrogen (secondary N) is 2. The van der Waals surface area contributed by atoms with Crippen LogP contribution in [0.2, 0.25) is 0 Å². The van der Waals surface area contributed by atoms with Crippen LogP contribution in [-0.2, 0) is 0 Å². The fraction of sp³-hybridized carbons (Fsp3) is 0.278. The van der Waals surface area contributed by atoms with Gasteiger partial charge in [-0.3, -0.25) is 0 Å². The molecule has 1 fully saturated rings. The van der Waals surface area contributed by atoms with E-state index in [9.17, 15) is 4.79 Å². The molecule has 2 amide bonds.